The summed E-state index contributed by atoms with van der Waals surface area (Å²) in [6, 6.07) is 20.6. The summed E-state index contributed by atoms with van der Waals surface area (Å²) in [6.07, 6.45) is 0.904. The zero-order valence-corrected chi connectivity index (χ0v) is 17.6. The Morgan fingerprint density at radius 2 is 1.57 bits per heavy atom. The molecule has 1 atom stereocenters. The van der Waals surface area contributed by atoms with Gasteiger partial charge in [0.1, 0.15) is 0 Å². The lowest BCUT2D eigenvalue weighted by Crippen LogP contribution is -2.45. The van der Waals surface area contributed by atoms with Crippen molar-refractivity contribution in [2.75, 3.05) is 16.8 Å². The molecule has 3 aromatic carbocycles. The lowest BCUT2D eigenvalue weighted by Gasteiger charge is -2.36. The van der Waals surface area contributed by atoms with Crippen LogP contribution >= 0.6 is 0 Å². The Hall–Kier alpha value is -3.40. The number of hydrogen-bond donors (Lipinski definition) is 1. The quantitative estimate of drug-likeness (QED) is 0.600. The summed E-state index contributed by atoms with van der Waals surface area (Å²) in [5, 5.41) is 3.55. The summed E-state index contributed by atoms with van der Waals surface area (Å²) in [5.74, 6) is -0.277. The maximum absolute atomic E-state index is 13.7. The molecule has 152 valence electrons. The normalized spacial score (nSPS) is 15.3. The number of benzene rings is 3. The first kappa shape index (κ1) is 19.9. The van der Waals surface area contributed by atoms with Crippen molar-refractivity contribution in [2.45, 2.75) is 33.2 Å². The fourth-order valence-corrected chi connectivity index (χ4v) is 3.91. The fourth-order valence-electron chi connectivity index (χ4n) is 3.91. The lowest BCUT2D eigenvalue weighted by molar-refractivity contribution is 0.0969. The van der Waals surface area contributed by atoms with Gasteiger partial charge in [-0.05, 0) is 49.6 Å². The van der Waals surface area contributed by atoms with Crippen molar-refractivity contribution in [3.8, 4) is 0 Å². The summed E-state index contributed by atoms with van der Waals surface area (Å²) in [7, 11) is 0. The second kappa shape index (κ2) is 8.15. The van der Waals surface area contributed by atoms with Gasteiger partial charge in [-0.15, -0.1) is 0 Å². The molecule has 1 aliphatic rings. The van der Waals surface area contributed by atoms with E-state index in [1.807, 2.05) is 29.2 Å². The summed E-state index contributed by atoms with van der Waals surface area (Å²) >= 11 is 0. The molecule has 0 aromatic heterocycles. The van der Waals surface area contributed by atoms with Gasteiger partial charge < -0.3 is 10.2 Å². The van der Waals surface area contributed by atoms with Crippen LogP contribution in [0.15, 0.2) is 66.7 Å². The van der Waals surface area contributed by atoms with Gasteiger partial charge in [0, 0.05) is 23.7 Å². The predicted octanol–water partition coefficient (Wildman–Crippen LogP) is 5.39. The van der Waals surface area contributed by atoms with Gasteiger partial charge in [-0.2, -0.15) is 0 Å². The van der Waals surface area contributed by atoms with E-state index in [9.17, 15) is 9.59 Å². The smallest absolute Gasteiger partial charge is 0.259 e. The Balaban J connectivity index is 1.78. The fraction of sp³-hybridized carbons (Fsp3) is 0.231. The predicted molar refractivity (Wildman–Crippen MR) is 122 cm³/mol. The van der Waals surface area contributed by atoms with E-state index in [1.54, 1.807) is 30.3 Å². The van der Waals surface area contributed by atoms with Gasteiger partial charge in [0.2, 0.25) is 0 Å². The van der Waals surface area contributed by atoms with Crippen LogP contribution in [-0.2, 0) is 0 Å². The molecule has 1 heterocycles. The van der Waals surface area contributed by atoms with Gasteiger partial charge in [0.05, 0.1) is 16.9 Å². The molecule has 0 spiro atoms. The Labute approximate surface area is 177 Å². The average molecular weight is 399 g/mol. The monoisotopic (exact) mass is 398 g/mol. The highest BCUT2D eigenvalue weighted by Gasteiger charge is 2.30. The van der Waals surface area contributed by atoms with Crippen LogP contribution in [0.25, 0.3) is 0 Å². The molecule has 0 saturated heterocycles. The number of fused-ring (bicyclic) bond motifs is 1. The number of amides is 1. The van der Waals surface area contributed by atoms with Crippen molar-refractivity contribution >= 4 is 23.1 Å². The van der Waals surface area contributed by atoms with Crippen molar-refractivity contribution in [3.63, 3.8) is 0 Å². The van der Waals surface area contributed by atoms with Crippen LogP contribution in [-0.4, -0.2) is 24.3 Å². The minimum absolute atomic E-state index is 0.137. The van der Waals surface area contributed by atoms with Crippen LogP contribution in [0.3, 0.4) is 0 Å². The van der Waals surface area contributed by atoms with E-state index in [-0.39, 0.29) is 17.7 Å². The van der Waals surface area contributed by atoms with E-state index < -0.39 is 0 Å². The number of anilines is 2. The van der Waals surface area contributed by atoms with E-state index in [2.05, 4.69) is 38.2 Å². The summed E-state index contributed by atoms with van der Waals surface area (Å²) < 4.78 is 0. The van der Waals surface area contributed by atoms with Crippen LogP contribution in [0.1, 0.15) is 50.8 Å². The lowest BCUT2D eigenvalue weighted by atomic mass is 9.96. The van der Waals surface area contributed by atoms with Crippen molar-refractivity contribution in [1.82, 2.24) is 0 Å². The Morgan fingerprint density at radius 1 is 0.933 bits per heavy atom. The van der Waals surface area contributed by atoms with Gasteiger partial charge in [-0.1, -0.05) is 55.5 Å². The average Bonchev–Trinajstić information content (AvgIpc) is 2.79. The van der Waals surface area contributed by atoms with Gasteiger partial charge in [-0.3, -0.25) is 9.59 Å². The minimum Gasteiger partial charge on any atom is -0.379 e. The van der Waals surface area contributed by atoms with Crippen molar-refractivity contribution < 1.29 is 9.59 Å². The van der Waals surface area contributed by atoms with E-state index in [4.69, 9.17) is 0 Å². The molecule has 4 heteroatoms. The van der Waals surface area contributed by atoms with Crippen LogP contribution in [0.4, 0.5) is 11.4 Å². The second-order valence-electron chi connectivity index (χ2n) is 7.86. The highest BCUT2D eigenvalue weighted by atomic mass is 16.2. The van der Waals surface area contributed by atoms with Crippen LogP contribution in [0.2, 0.25) is 0 Å². The molecule has 0 radical (unpaired) electrons. The summed E-state index contributed by atoms with van der Waals surface area (Å²) in [4.78, 5) is 28.7. The molecule has 4 nitrogen and oxygen atoms in total. The molecular formula is C26H26N2O2. The van der Waals surface area contributed by atoms with Crippen molar-refractivity contribution in [3.05, 3.63) is 94.5 Å². The number of nitrogens with one attached hydrogen (secondary N) is 1. The van der Waals surface area contributed by atoms with Gasteiger partial charge in [0.25, 0.3) is 5.91 Å². The SMILES string of the molecule is CCC1CN(C(=O)c2ccccc2C(=O)c2ccccc2)c2cc(C)c(C)cc2N1. The standard InChI is InChI=1S/C26H26N2O2/c1-4-20-16-28(24-15-18(3)17(2)14-23(24)27-20)26(30)22-13-9-8-12-21(22)25(29)19-10-6-5-7-11-19/h5-15,20,27H,4,16H2,1-3H3. The molecule has 0 saturated carbocycles. The molecular weight excluding hydrogens is 372 g/mol. The zero-order valence-electron chi connectivity index (χ0n) is 17.6. The Kier molecular flexibility index (Phi) is 5.40. The zero-order chi connectivity index (χ0) is 21.3. The number of aryl methyl sites for hydroxylation is 2. The van der Waals surface area contributed by atoms with Crippen LogP contribution in [0.5, 0.6) is 0 Å². The van der Waals surface area contributed by atoms with Crippen LogP contribution < -0.4 is 10.2 Å². The topological polar surface area (TPSA) is 49.4 Å². The van der Waals surface area contributed by atoms with Crippen LogP contribution in [0, 0.1) is 13.8 Å². The molecule has 1 aliphatic heterocycles. The largest absolute Gasteiger partial charge is 0.379 e. The van der Waals surface area contributed by atoms with Crippen molar-refractivity contribution in [1.29, 1.82) is 0 Å². The van der Waals surface area contributed by atoms with E-state index in [1.165, 1.54) is 5.56 Å². The Bertz CT molecular complexity index is 1110. The molecule has 1 amide bonds. The molecule has 0 aliphatic carbocycles. The first-order chi connectivity index (χ1) is 14.5. The van der Waals surface area contributed by atoms with Gasteiger partial charge >= 0.3 is 0 Å². The number of hydrogen-bond acceptors (Lipinski definition) is 3. The van der Waals surface area contributed by atoms with Crippen molar-refractivity contribution in [2.24, 2.45) is 0 Å². The molecule has 3 aromatic rings. The molecule has 1 unspecified atom stereocenters. The number of carbonyl (C=O) groups is 2. The number of ketones is 1. The summed E-state index contributed by atoms with van der Waals surface area (Å²) in [6.45, 7) is 6.81. The van der Waals surface area contributed by atoms with E-state index in [0.717, 1.165) is 23.4 Å². The first-order valence-electron chi connectivity index (χ1n) is 10.4. The minimum atomic E-state index is -0.140. The van der Waals surface area contributed by atoms with E-state index in [0.29, 0.717) is 23.2 Å². The molecule has 0 bridgehead atoms. The highest BCUT2D eigenvalue weighted by Crippen LogP contribution is 2.35. The van der Waals surface area contributed by atoms with Gasteiger partial charge in [-0.25, -0.2) is 0 Å². The number of rotatable bonds is 4. The molecule has 4 rings (SSSR count). The Morgan fingerprint density at radius 3 is 2.27 bits per heavy atom. The molecule has 1 N–H and O–H groups in total. The first-order valence-corrected chi connectivity index (χ1v) is 10.4. The third-order valence-corrected chi connectivity index (χ3v) is 5.84. The maximum atomic E-state index is 13.7. The van der Waals surface area contributed by atoms with E-state index >= 15 is 0 Å². The number of carbonyl (C=O) groups excluding carboxylic acids is 2. The second-order valence-corrected chi connectivity index (χ2v) is 7.86. The molecule has 30 heavy (non-hydrogen) atoms. The maximum Gasteiger partial charge on any atom is 0.259 e. The molecule has 0 fully saturated rings. The third kappa shape index (κ3) is 3.61. The number of nitrogens with zero attached hydrogens (tertiary/aromatic N) is 1. The highest BCUT2D eigenvalue weighted by molar-refractivity contribution is 6.19. The van der Waals surface area contributed by atoms with Gasteiger partial charge in [0.15, 0.2) is 5.78 Å². The summed E-state index contributed by atoms with van der Waals surface area (Å²) in [5.41, 5.74) is 5.61. The third-order valence-electron chi connectivity index (χ3n) is 5.84.